The van der Waals surface area contributed by atoms with Gasteiger partial charge in [0.2, 0.25) is 0 Å². The molecule has 11 heteroatoms. The van der Waals surface area contributed by atoms with Gasteiger partial charge in [-0.1, -0.05) is 0 Å². The maximum atomic E-state index is 10.2. The summed E-state index contributed by atoms with van der Waals surface area (Å²) < 4.78 is 28.7. The van der Waals surface area contributed by atoms with E-state index in [1.807, 2.05) is 0 Å². The summed E-state index contributed by atoms with van der Waals surface area (Å²) in [5.74, 6) is -3.50. The van der Waals surface area contributed by atoms with E-state index in [-0.39, 0.29) is 74.4 Å². The second-order valence-corrected chi connectivity index (χ2v) is 3.54. The number of carbonyl (C=O) groups is 2. The molecule has 0 radical (unpaired) electrons. The number of hydrogen-bond donors (Lipinski definition) is 3. The molecule has 0 aromatic heterocycles. The van der Waals surface area contributed by atoms with Gasteiger partial charge >= 0.3 is 71.1 Å². The van der Waals surface area contributed by atoms with Crippen molar-refractivity contribution < 1.29 is 94.7 Å². The summed E-state index contributed by atoms with van der Waals surface area (Å²) in [5, 5.41) is 13.9. The molecule has 0 aromatic rings. The van der Waals surface area contributed by atoms with Crippen molar-refractivity contribution in [2.24, 2.45) is 0 Å². The van der Waals surface area contributed by atoms with Gasteiger partial charge in [0.05, 0.1) is 6.42 Å². The molecular formula is C4H9ClNa2O7S. The molecule has 0 aliphatic carbocycles. The molecule has 0 fully saturated rings. The molecule has 82 valence electrons. The van der Waals surface area contributed by atoms with Gasteiger partial charge in [0.1, 0.15) is 0 Å². The van der Waals surface area contributed by atoms with E-state index in [1.54, 1.807) is 0 Å². The van der Waals surface area contributed by atoms with Crippen LogP contribution in [0.3, 0.4) is 0 Å². The Morgan fingerprint density at radius 1 is 1.20 bits per heavy atom. The Morgan fingerprint density at radius 2 is 1.53 bits per heavy atom. The predicted molar refractivity (Wildman–Crippen MR) is 44.7 cm³/mol. The average Bonchev–Trinajstić information content (AvgIpc) is 1.79. The van der Waals surface area contributed by atoms with Gasteiger partial charge in [-0.3, -0.25) is 14.1 Å². The fourth-order valence-electron chi connectivity index (χ4n) is 0.479. The minimum Gasteiger partial charge on any atom is -1.00 e. The van der Waals surface area contributed by atoms with E-state index in [1.165, 1.54) is 0 Å². The van der Waals surface area contributed by atoms with Crippen LogP contribution in [0.1, 0.15) is 9.27 Å². The van der Waals surface area contributed by atoms with Crippen molar-refractivity contribution in [1.29, 1.82) is 0 Å². The first-order chi connectivity index (χ1) is 5.25. The van der Waals surface area contributed by atoms with E-state index in [0.717, 1.165) is 0 Å². The summed E-state index contributed by atoms with van der Waals surface area (Å²) in [5.41, 5.74) is 0. The van der Waals surface area contributed by atoms with Crippen molar-refractivity contribution in [3.05, 3.63) is 0 Å². The molecule has 15 heavy (non-hydrogen) atoms. The Bertz CT molecular complexity index is 311. The van der Waals surface area contributed by atoms with Gasteiger partial charge < -0.3 is 13.1 Å². The number of halogens is 1. The Kier molecular flexibility index (Phi) is 17.2. The normalized spacial score (nSPS) is 11.0. The smallest absolute Gasteiger partial charge is 1.00 e. The number of aliphatic carboxylic acids is 2. The van der Waals surface area contributed by atoms with Crippen molar-refractivity contribution in [1.82, 2.24) is 0 Å². The van der Waals surface area contributed by atoms with Crippen LogP contribution in [0.2, 0.25) is 0 Å². The van der Waals surface area contributed by atoms with E-state index in [4.69, 9.17) is 14.8 Å². The molecule has 0 aromatic carbocycles. The van der Waals surface area contributed by atoms with Crippen LogP contribution < -0.4 is 59.1 Å². The van der Waals surface area contributed by atoms with Gasteiger partial charge in [0.15, 0.2) is 5.25 Å². The van der Waals surface area contributed by atoms with Gasteiger partial charge in [-0.25, -0.2) is 0 Å². The van der Waals surface area contributed by atoms with E-state index >= 15 is 0 Å². The monoisotopic (exact) mass is 282 g/mol. The van der Waals surface area contributed by atoms with E-state index in [2.05, 4.69) is 0 Å². The summed E-state index contributed by atoms with van der Waals surface area (Å²) in [6, 6.07) is 0. The summed E-state index contributed by atoms with van der Waals surface area (Å²) in [6.45, 7) is 0. The van der Waals surface area contributed by atoms with Crippen LogP contribution in [0, 0.1) is 0 Å². The van der Waals surface area contributed by atoms with E-state index in [9.17, 15) is 18.0 Å². The Hall–Kier alpha value is 1.14. The Balaban J connectivity index is -0.0000000605. The standard InChI is InChI=1S/C4H6O7S.ClH.2Na.2H/c5-3(6)1-2(4(7)8)12(9,10)11;;;;;/h2H,1H2,(H,5,6)(H,7,8)(H,9,10,11);1H;;;;/q;;2*+1;2*-1. The Labute approximate surface area is 139 Å². The molecule has 1 atom stereocenters. The quantitative estimate of drug-likeness (QED) is 0.345. The third kappa shape index (κ3) is 11.4. The molecule has 0 aliphatic heterocycles. The van der Waals surface area contributed by atoms with Crippen molar-refractivity contribution in [2.45, 2.75) is 11.7 Å². The molecule has 7 nitrogen and oxygen atoms in total. The second kappa shape index (κ2) is 10.3. The van der Waals surface area contributed by atoms with Gasteiger partial charge in [-0.05, 0) is 0 Å². The molecule has 3 N–H and O–H groups in total. The van der Waals surface area contributed by atoms with Gasteiger partial charge in [-0.15, -0.1) is 12.4 Å². The predicted octanol–water partition coefficient (Wildman–Crippen LogP) is -6.54. The van der Waals surface area contributed by atoms with Crippen molar-refractivity contribution in [2.75, 3.05) is 0 Å². The molecule has 0 saturated heterocycles. The first-order valence-electron chi connectivity index (χ1n) is 2.66. The number of rotatable bonds is 4. The largest absolute Gasteiger partial charge is 1.00 e. The van der Waals surface area contributed by atoms with Crippen molar-refractivity contribution in [3.8, 4) is 0 Å². The van der Waals surface area contributed by atoms with Crippen LogP contribution in [-0.2, 0) is 19.7 Å². The van der Waals surface area contributed by atoms with Crippen LogP contribution in [0.15, 0.2) is 0 Å². The fourth-order valence-corrected chi connectivity index (χ4v) is 1.09. The summed E-state index contributed by atoms with van der Waals surface area (Å²) in [7, 11) is -4.84. The zero-order chi connectivity index (χ0) is 9.94. The van der Waals surface area contributed by atoms with Crippen LogP contribution in [0.25, 0.3) is 0 Å². The van der Waals surface area contributed by atoms with Gasteiger partial charge in [-0.2, -0.15) is 8.42 Å². The van der Waals surface area contributed by atoms with Crippen LogP contribution in [0.5, 0.6) is 0 Å². The topological polar surface area (TPSA) is 129 Å². The summed E-state index contributed by atoms with van der Waals surface area (Å²) in [4.78, 5) is 20.0. The number of carboxylic acid groups (broad SMARTS) is 2. The Morgan fingerprint density at radius 3 is 1.60 bits per heavy atom. The number of carboxylic acids is 2. The maximum absolute atomic E-state index is 10.2. The summed E-state index contributed by atoms with van der Waals surface area (Å²) >= 11 is 0. The molecule has 0 saturated carbocycles. The SMILES string of the molecule is Cl.O=C(O)CC(C(=O)O)S(=O)(=O)O.[H-].[H-].[Na+].[Na+]. The van der Waals surface area contributed by atoms with Gasteiger partial charge in [0, 0.05) is 0 Å². The second-order valence-electron chi connectivity index (χ2n) is 1.94. The zero-order valence-electron chi connectivity index (χ0n) is 10.1. The molecule has 0 heterocycles. The third-order valence-corrected chi connectivity index (χ3v) is 2.08. The first-order valence-corrected chi connectivity index (χ1v) is 4.16. The molecule has 0 rings (SSSR count). The molecular weight excluding hydrogens is 274 g/mol. The van der Waals surface area contributed by atoms with Crippen molar-refractivity contribution >= 4 is 34.5 Å². The van der Waals surface area contributed by atoms with Gasteiger partial charge in [0.25, 0.3) is 10.1 Å². The molecule has 0 amide bonds. The molecule has 0 spiro atoms. The minimum absolute atomic E-state index is 0. The number of hydrogen-bond acceptors (Lipinski definition) is 4. The summed E-state index contributed by atoms with van der Waals surface area (Å²) in [6.07, 6.45) is -1.16. The van der Waals surface area contributed by atoms with E-state index < -0.39 is 33.7 Å². The zero-order valence-corrected chi connectivity index (χ0v) is 13.7. The third-order valence-electron chi connectivity index (χ3n) is 0.995. The molecule has 0 aliphatic rings. The molecule has 1 unspecified atom stereocenters. The molecule has 0 bridgehead atoms. The van der Waals surface area contributed by atoms with Crippen LogP contribution >= 0.6 is 12.4 Å². The fraction of sp³-hybridized carbons (Fsp3) is 0.500. The van der Waals surface area contributed by atoms with Crippen LogP contribution in [-0.4, -0.2) is 40.4 Å². The van der Waals surface area contributed by atoms with E-state index in [0.29, 0.717) is 0 Å². The minimum atomic E-state index is -4.84. The first kappa shape index (κ1) is 25.1. The maximum Gasteiger partial charge on any atom is 1.00 e. The van der Waals surface area contributed by atoms with Crippen LogP contribution in [0.4, 0.5) is 0 Å². The average molecular weight is 283 g/mol. The van der Waals surface area contributed by atoms with Crippen molar-refractivity contribution in [3.63, 3.8) is 0 Å².